The third-order valence-corrected chi connectivity index (χ3v) is 4.81. The lowest BCUT2D eigenvalue weighted by molar-refractivity contribution is 0.0939. The molecule has 0 aliphatic heterocycles. The molecule has 2 aromatic carbocycles. The molecule has 0 saturated heterocycles. The van der Waals surface area contributed by atoms with Gasteiger partial charge in [0.15, 0.2) is 5.96 Å². The van der Waals surface area contributed by atoms with Gasteiger partial charge in [-0.15, -0.1) is 0 Å². The van der Waals surface area contributed by atoms with Crippen molar-refractivity contribution in [1.29, 1.82) is 0 Å². The van der Waals surface area contributed by atoms with E-state index in [1.54, 1.807) is 7.05 Å². The van der Waals surface area contributed by atoms with E-state index in [4.69, 9.17) is 0 Å². The minimum Gasteiger partial charge on any atom is -0.352 e. The van der Waals surface area contributed by atoms with Crippen molar-refractivity contribution in [2.75, 3.05) is 7.05 Å². The Bertz CT molecular complexity index is 829. The number of hydrogen-bond acceptors (Lipinski definition) is 2. The van der Waals surface area contributed by atoms with Gasteiger partial charge in [-0.1, -0.05) is 42.8 Å². The first-order valence-corrected chi connectivity index (χ1v) is 9.83. The highest BCUT2D eigenvalue weighted by molar-refractivity contribution is 5.94. The number of amides is 1. The van der Waals surface area contributed by atoms with Gasteiger partial charge in [0.1, 0.15) is 0 Å². The molecule has 5 nitrogen and oxygen atoms in total. The Morgan fingerprint density at radius 1 is 1.07 bits per heavy atom. The summed E-state index contributed by atoms with van der Waals surface area (Å²) in [6.45, 7) is 9.59. The molecule has 1 amide bonds. The fourth-order valence-corrected chi connectivity index (χ4v) is 2.86. The van der Waals surface area contributed by atoms with Crippen LogP contribution >= 0.6 is 0 Å². The molecule has 0 aliphatic carbocycles. The third kappa shape index (κ3) is 6.41. The van der Waals surface area contributed by atoms with Crippen LogP contribution in [0.15, 0.2) is 47.5 Å². The van der Waals surface area contributed by atoms with E-state index < -0.39 is 0 Å². The molecule has 1 atom stereocenters. The van der Waals surface area contributed by atoms with Crippen LogP contribution in [0.5, 0.6) is 0 Å². The number of hydrogen-bond donors (Lipinski definition) is 3. The summed E-state index contributed by atoms with van der Waals surface area (Å²) in [5.41, 5.74) is 5.49. The molecule has 0 spiro atoms. The molecule has 5 heteroatoms. The van der Waals surface area contributed by atoms with Gasteiger partial charge in [0.25, 0.3) is 5.91 Å². The van der Waals surface area contributed by atoms with Crippen LogP contribution in [0.2, 0.25) is 0 Å². The summed E-state index contributed by atoms with van der Waals surface area (Å²) in [6, 6.07) is 14.3. The topological polar surface area (TPSA) is 65.5 Å². The van der Waals surface area contributed by atoms with Crippen LogP contribution in [0.25, 0.3) is 0 Å². The van der Waals surface area contributed by atoms with Gasteiger partial charge in [-0.3, -0.25) is 9.79 Å². The lowest BCUT2D eigenvalue weighted by atomic mass is 10.1. The molecule has 0 fully saturated rings. The molecule has 28 heavy (non-hydrogen) atoms. The van der Waals surface area contributed by atoms with Crippen LogP contribution in [-0.2, 0) is 13.1 Å². The van der Waals surface area contributed by atoms with E-state index in [-0.39, 0.29) is 11.9 Å². The SMILES string of the molecule is CCC(C)NC(=O)c1cccc(CNC(=NC)NCc2ccc(C)cc2C)c1. The van der Waals surface area contributed by atoms with Gasteiger partial charge >= 0.3 is 0 Å². The van der Waals surface area contributed by atoms with Crippen molar-refractivity contribution in [3.05, 3.63) is 70.3 Å². The maximum absolute atomic E-state index is 12.3. The zero-order valence-electron chi connectivity index (χ0n) is 17.6. The molecule has 150 valence electrons. The Kier molecular flexibility index (Phi) is 8.05. The summed E-state index contributed by atoms with van der Waals surface area (Å²) >= 11 is 0. The second-order valence-corrected chi connectivity index (χ2v) is 7.19. The van der Waals surface area contributed by atoms with Gasteiger partial charge in [-0.05, 0) is 56.0 Å². The highest BCUT2D eigenvalue weighted by atomic mass is 16.1. The number of aryl methyl sites for hydroxylation is 2. The summed E-state index contributed by atoms with van der Waals surface area (Å²) in [5, 5.41) is 9.66. The highest BCUT2D eigenvalue weighted by Gasteiger charge is 2.09. The number of benzene rings is 2. The average molecular weight is 381 g/mol. The zero-order chi connectivity index (χ0) is 20.5. The van der Waals surface area contributed by atoms with E-state index in [0.717, 1.165) is 17.9 Å². The molecule has 1 unspecified atom stereocenters. The van der Waals surface area contributed by atoms with E-state index in [1.165, 1.54) is 16.7 Å². The fraction of sp³-hybridized carbons (Fsp3) is 0.391. The lowest BCUT2D eigenvalue weighted by Crippen LogP contribution is -2.36. The van der Waals surface area contributed by atoms with Crippen LogP contribution in [-0.4, -0.2) is 25.0 Å². The van der Waals surface area contributed by atoms with Gasteiger partial charge in [-0.25, -0.2) is 0 Å². The van der Waals surface area contributed by atoms with Crippen molar-refractivity contribution in [3.63, 3.8) is 0 Å². The van der Waals surface area contributed by atoms with Gasteiger partial charge in [0.05, 0.1) is 0 Å². The molecule has 0 saturated carbocycles. The Morgan fingerprint density at radius 3 is 2.50 bits per heavy atom. The maximum Gasteiger partial charge on any atom is 0.251 e. The minimum atomic E-state index is -0.0337. The maximum atomic E-state index is 12.3. The van der Waals surface area contributed by atoms with E-state index >= 15 is 0 Å². The Balaban J connectivity index is 1.92. The normalized spacial score (nSPS) is 12.4. The lowest BCUT2D eigenvalue weighted by Gasteiger charge is -2.14. The first-order chi connectivity index (χ1) is 13.4. The number of carbonyl (C=O) groups is 1. The molecule has 0 heterocycles. The quantitative estimate of drug-likeness (QED) is 0.507. The van der Waals surface area contributed by atoms with Gasteiger partial charge in [-0.2, -0.15) is 0 Å². The molecule has 3 N–H and O–H groups in total. The van der Waals surface area contributed by atoms with Crippen molar-refractivity contribution in [1.82, 2.24) is 16.0 Å². The van der Waals surface area contributed by atoms with E-state index in [1.807, 2.05) is 31.2 Å². The molecule has 0 bridgehead atoms. The van der Waals surface area contributed by atoms with Crippen LogP contribution in [0, 0.1) is 13.8 Å². The zero-order valence-corrected chi connectivity index (χ0v) is 17.6. The van der Waals surface area contributed by atoms with Crippen molar-refractivity contribution in [2.24, 2.45) is 4.99 Å². The van der Waals surface area contributed by atoms with Crippen LogP contribution < -0.4 is 16.0 Å². The van der Waals surface area contributed by atoms with Gasteiger partial charge < -0.3 is 16.0 Å². The Labute approximate surface area is 168 Å². The first kappa shape index (κ1) is 21.5. The van der Waals surface area contributed by atoms with E-state index in [2.05, 4.69) is 59.9 Å². The molecule has 2 aromatic rings. The van der Waals surface area contributed by atoms with Crippen LogP contribution in [0.4, 0.5) is 0 Å². The van der Waals surface area contributed by atoms with Crippen molar-refractivity contribution < 1.29 is 4.79 Å². The molecule has 2 rings (SSSR count). The predicted molar refractivity (Wildman–Crippen MR) is 117 cm³/mol. The average Bonchev–Trinajstić information content (AvgIpc) is 2.69. The summed E-state index contributed by atoms with van der Waals surface area (Å²) in [5.74, 6) is 0.697. The Hall–Kier alpha value is -2.82. The van der Waals surface area contributed by atoms with E-state index in [9.17, 15) is 4.79 Å². The van der Waals surface area contributed by atoms with Gasteiger partial charge in [0, 0.05) is 31.7 Å². The third-order valence-electron chi connectivity index (χ3n) is 4.81. The number of nitrogens with one attached hydrogen (secondary N) is 3. The number of aliphatic imine (C=N–C) groups is 1. The van der Waals surface area contributed by atoms with Crippen molar-refractivity contribution in [2.45, 2.75) is 53.2 Å². The smallest absolute Gasteiger partial charge is 0.251 e. The fourth-order valence-electron chi connectivity index (χ4n) is 2.86. The van der Waals surface area contributed by atoms with E-state index in [0.29, 0.717) is 18.7 Å². The standard InChI is InChI=1S/C23H32N4O/c1-6-18(4)27-22(28)20-9-7-8-19(13-20)14-25-23(24-5)26-15-21-11-10-16(2)12-17(21)3/h7-13,18H,6,14-15H2,1-5H3,(H,27,28)(H2,24,25,26). The summed E-state index contributed by atoms with van der Waals surface area (Å²) in [6.07, 6.45) is 0.912. The summed E-state index contributed by atoms with van der Waals surface area (Å²) in [7, 11) is 1.76. The molecular formula is C23H32N4O. The number of nitrogens with zero attached hydrogens (tertiary/aromatic N) is 1. The molecule has 0 aromatic heterocycles. The number of carbonyl (C=O) groups excluding carboxylic acids is 1. The molecular weight excluding hydrogens is 348 g/mol. The summed E-state index contributed by atoms with van der Waals surface area (Å²) in [4.78, 5) is 16.6. The minimum absolute atomic E-state index is 0.0337. The number of rotatable bonds is 7. The van der Waals surface area contributed by atoms with Crippen LogP contribution in [0.1, 0.15) is 52.9 Å². The largest absolute Gasteiger partial charge is 0.352 e. The van der Waals surface area contributed by atoms with Crippen LogP contribution in [0.3, 0.4) is 0 Å². The van der Waals surface area contributed by atoms with Crippen molar-refractivity contribution in [3.8, 4) is 0 Å². The number of guanidine groups is 1. The Morgan fingerprint density at radius 2 is 1.82 bits per heavy atom. The monoisotopic (exact) mass is 380 g/mol. The van der Waals surface area contributed by atoms with Crippen molar-refractivity contribution >= 4 is 11.9 Å². The summed E-state index contributed by atoms with van der Waals surface area (Å²) < 4.78 is 0. The second kappa shape index (κ2) is 10.5. The predicted octanol–water partition coefficient (Wildman–Crippen LogP) is 3.70. The second-order valence-electron chi connectivity index (χ2n) is 7.19. The highest BCUT2D eigenvalue weighted by Crippen LogP contribution is 2.10. The molecule has 0 aliphatic rings. The first-order valence-electron chi connectivity index (χ1n) is 9.83. The van der Waals surface area contributed by atoms with Gasteiger partial charge in [0.2, 0.25) is 0 Å². The molecule has 0 radical (unpaired) electrons.